The van der Waals surface area contributed by atoms with Crippen LogP contribution in [0.2, 0.25) is 0 Å². The van der Waals surface area contributed by atoms with E-state index in [1.165, 1.54) is 0 Å². The SMILES string of the molecule is CNc1ncccc1CNc1ccc(Cc2c[nH]c3ncc(C)cc23)c(F)n1. The average Bonchev–Trinajstić information content (AvgIpc) is 3.10. The van der Waals surface area contributed by atoms with Crippen LogP contribution >= 0.6 is 0 Å². The summed E-state index contributed by atoms with van der Waals surface area (Å²) >= 11 is 0. The molecule has 28 heavy (non-hydrogen) atoms. The zero-order valence-electron chi connectivity index (χ0n) is 15.8. The molecule has 0 fully saturated rings. The summed E-state index contributed by atoms with van der Waals surface area (Å²) < 4.78 is 14.6. The van der Waals surface area contributed by atoms with Gasteiger partial charge in [-0.1, -0.05) is 12.1 Å². The van der Waals surface area contributed by atoms with E-state index in [4.69, 9.17) is 0 Å². The van der Waals surface area contributed by atoms with Crippen molar-refractivity contribution in [1.29, 1.82) is 0 Å². The van der Waals surface area contributed by atoms with E-state index in [-0.39, 0.29) is 0 Å². The van der Waals surface area contributed by atoms with Crippen LogP contribution in [-0.2, 0) is 13.0 Å². The third-order valence-corrected chi connectivity index (χ3v) is 4.65. The van der Waals surface area contributed by atoms with Gasteiger partial charge in [-0.05, 0) is 36.2 Å². The molecule has 0 bridgehead atoms. The van der Waals surface area contributed by atoms with Gasteiger partial charge in [-0.2, -0.15) is 4.39 Å². The number of nitrogens with one attached hydrogen (secondary N) is 3. The van der Waals surface area contributed by atoms with Crippen LogP contribution in [0, 0.1) is 12.9 Å². The highest BCUT2D eigenvalue weighted by Crippen LogP contribution is 2.22. The molecule has 4 heterocycles. The summed E-state index contributed by atoms with van der Waals surface area (Å²) in [6.45, 7) is 2.50. The number of nitrogens with zero attached hydrogens (tertiary/aromatic N) is 3. The van der Waals surface area contributed by atoms with E-state index in [1.807, 2.05) is 38.5 Å². The molecular formula is C21H21FN6. The van der Waals surface area contributed by atoms with Gasteiger partial charge in [-0.25, -0.2) is 15.0 Å². The number of aromatic nitrogens is 4. The second-order valence-corrected chi connectivity index (χ2v) is 6.66. The summed E-state index contributed by atoms with van der Waals surface area (Å²) in [6, 6.07) is 9.46. The zero-order valence-corrected chi connectivity index (χ0v) is 15.8. The van der Waals surface area contributed by atoms with E-state index in [0.717, 1.165) is 33.5 Å². The molecule has 4 aromatic heterocycles. The van der Waals surface area contributed by atoms with Gasteiger partial charge in [0, 0.05) is 55.1 Å². The number of rotatable bonds is 6. The van der Waals surface area contributed by atoms with Crippen molar-refractivity contribution in [2.24, 2.45) is 0 Å². The molecule has 0 radical (unpaired) electrons. The first kappa shape index (κ1) is 17.9. The average molecular weight is 376 g/mol. The minimum Gasteiger partial charge on any atom is -0.373 e. The predicted molar refractivity (Wildman–Crippen MR) is 109 cm³/mol. The van der Waals surface area contributed by atoms with Crippen LogP contribution < -0.4 is 10.6 Å². The fourth-order valence-corrected chi connectivity index (χ4v) is 3.20. The first-order valence-corrected chi connectivity index (χ1v) is 9.07. The maximum absolute atomic E-state index is 14.6. The van der Waals surface area contributed by atoms with Gasteiger partial charge in [-0.15, -0.1) is 0 Å². The molecule has 0 atom stereocenters. The number of aromatic amines is 1. The molecule has 0 aliphatic heterocycles. The van der Waals surface area contributed by atoms with Crippen molar-refractivity contribution in [2.45, 2.75) is 19.9 Å². The van der Waals surface area contributed by atoms with Crippen LogP contribution in [0.25, 0.3) is 11.0 Å². The Morgan fingerprint density at radius 1 is 1.11 bits per heavy atom. The molecule has 6 nitrogen and oxygen atoms in total. The first-order chi connectivity index (χ1) is 13.6. The van der Waals surface area contributed by atoms with Crippen LogP contribution in [0.5, 0.6) is 0 Å². The molecule has 0 aliphatic carbocycles. The Morgan fingerprint density at radius 3 is 2.82 bits per heavy atom. The Morgan fingerprint density at radius 2 is 2.00 bits per heavy atom. The highest BCUT2D eigenvalue weighted by atomic mass is 19.1. The van der Waals surface area contributed by atoms with Crippen molar-refractivity contribution in [3.8, 4) is 0 Å². The van der Waals surface area contributed by atoms with E-state index in [0.29, 0.717) is 24.3 Å². The highest BCUT2D eigenvalue weighted by Gasteiger charge is 2.11. The third kappa shape index (κ3) is 3.64. The summed E-state index contributed by atoms with van der Waals surface area (Å²) in [5.74, 6) is 0.805. The number of hydrogen-bond donors (Lipinski definition) is 3. The van der Waals surface area contributed by atoms with Gasteiger partial charge in [0.25, 0.3) is 0 Å². The third-order valence-electron chi connectivity index (χ3n) is 4.65. The first-order valence-electron chi connectivity index (χ1n) is 9.07. The van der Waals surface area contributed by atoms with Crippen LogP contribution in [-0.4, -0.2) is 27.0 Å². The minimum absolute atomic E-state index is 0.455. The van der Waals surface area contributed by atoms with E-state index in [2.05, 4.69) is 36.6 Å². The predicted octanol–water partition coefficient (Wildman–Crippen LogP) is 4.05. The van der Waals surface area contributed by atoms with E-state index >= 15 is 0 Å². The molecule has 0 spiro atoms. The lowest BCUT2D eigenvalue weighted by Crippen LogP contribution is -2.07. The van der Waals surface area contributed by atoms with Crippen molar-refractivity contribution < 1.29 is 4.39 Å². The zero-order chi connectivity index (χ0) is 19.5. The summed E-state index contributed by atoms with van der Waals surface area (Å²) in [5, 5.41) is 7.21. The summed E-state index contributed by atoms with van der Waals surface area (Å²) in [4.78, 5) is 15.8. The van der Waals surface area contributed by atoms with Crippen LogP contribution in [0.4, 0.5) is 16.0 Å². The second-order valence-electron chi connectivity index (χ2n) is 6.66. The molecule has 4 rings (SSSR count). The molecule has 3 N–H and O–H groups in total. The van der Waals surface area contributed by atoms with Crippen LogP contribution in [0.1, 0.15) is 22.3 Å². The van der Waals surface area contributed by atoms with Crippen LogP contribution in [0.3, 0.4) is 0 Å². The van der Waals surface area contributed by atoms with Gasteiger partial charge >= 0.3 is 0 Å². The Balaban J connectivity index is 1.50. The van der Waals surface area contributed by atoms with Crippen molar-refractivity contribution in [3.05, 3.63) is 77.1 Å². The van der Waals surface area contributed by atoms with E-state index in [1.54, 1.807) is 18.3 Å². The molecule has 0 saturated heterocycles. The van der Waals surface area contributed by atoms with Crippen molar-refractivity contribution in [2.75, 3.05) is 17.7 Å². The van der Waals surface area contributed by atoms with Crippen molar-refractivity contribution >= 4 is 22.7 Å². The van der Waals surface area contributed by atoms with Gasteiger partial charge in [0.15, 0.2) is 0 Å². The van der Waals surface area contributed by atoms with Crippen molar-refractivity contribution in [1.82, 2.24) is 19.9 Å². The molecule has 0 aliphatic rings. The lowest BCUT2D eigenvalue weighted by molar-refractivity contribution is 0.571. The second kappa shape index (κ2) is 7.64. The Labute approximate surface area is 162 Å². The minimum atomic E-state index is -0.472. The van der Waals surface area contributed by atoms with E-state index < -0.39 is 5.95 Å². The topological polar surface area (TPSA) is 78.5 Å². The van der Waals surface area contributed by atoms with Crippen molar-refractivity contribution in [3.63, 3.8) is 0 Å². The maximum Gasteiger partial charge on any atom is 0.218 e. The summed E-state index contributed by atoms with van der Waals surface area (Å²) in [5.41, 5.74) is 4.41. The van der Waals surface area contributed by atoms with Gasteiger partial charge in [0.2, 0.25) is 5.95 Å². The lowest BCUT2D eigenvalue weighted by atomic mass is 10.1. The number of fused-ring (bicyclic) bond motifs is 1. The monoisotopic (exact) mass is 376 g/mol. The number of halogens is 1. The molecule has 4 aromatic rings. The van der Waals surface area contributed by atoms with Gasteiger partial charge in [-0.3, -0.25) is 0 Å². The Bertz CT molecular complexity index is 1120. The molecule has 7 heteroatoms. The molecule has 0 saturated carbocycles. The van der Waals surface area contributed by atoms with E-state index in [9.17, 15) is 4.39 Å². The molecule has 0 aromatic carbocycles. The number of anilines is 2. The number of aryl methyl sites for hydroxylation is 1. The Hall–Kier alpha value is -3.48. The number of hydrogen-bond acceptors (Lipinski definition) is 5. The maximum atomic E-state index is 14.6. The standard InChI is InChI=1S/C21H21FN6/c1-13-8-17-16(12-27-21(17)26-10-13)9-14-5-6-18(28-19(14)22)25-11-15-4-3-7-24-20(15)23-2/h3-8,10,12H,9,11H2,1-2H3,(H,23,24)(H,25,28)(H,26,27). The summed E-state index contributed by atoms with van der Waals surface area (Å²) in [7, 11) is 1.82. The Kier molecular flexibility index (Phi) is 4.89. The fourth-order valence-electron chi connectivity index (χ4n) is 3.20. The lowest BCUT2D eigenvalue weighted by Gasteiger charge is -2.10. The number of H-pyrrole nitrogens is 1. The highest BCUT2D eigenvalue weighted by molar-refractivity contribution is 5.80. The van der Waals surface area contributed by atoms with Gasteiger partial charge in [0.1, 0.15) is 17.3 Å². The van der Waals surface area contributed by atoms with Gasteiger partial charge < -0.3 is 15.6 Å². The molecular weight excluding hydrogens is 355 g/mol. The van der Waals surface area contributed by atoms with Crippen LogP contribution in [0.15, 0.2) is 48.9 Å². The molecule has 142 valence electrons. The number of pyridine rings is 3. The smallest absolute Gasteiger partial charge is 0.218 e. The molecule has 0 unspecified atom stereocenters. The quantitative estimate of drug-likeness (QED) is 0.443. The normalized spacial score (nSPS) is 11.0. The molecule has 0 amide bonds. The fraction of sp³-hybridized carbons (Fsp3) is 0.190. The largest absolute Gasteiger partial charge is 0.373 e. The van der Waals surface area contributed by atoms with Gasteiger partial charge in [0.05, 0.1) is 0 Å². The summed E-state index contributed by atoms with van der Waals surface area (Å²) in [6.07, 6.45) is 5.87.